The number of aliphatic carboxylic acids is 1. The van der Waals surface area contributed by atoms with Crippen molar-refractivity contribution in [2.45, 2.75) is 38.8 Å². The molecule has 2 rings (SSSR count). The molecule has 1 N–H and O–H groups in total. The monoisotopic (exact) mass is 227 g/mol. The van der Waals surface area contributed by atoms with Crippen molar-refractivity contribution in [2.75, 3.05) is 6.54 Å². The second kappa shape index (κ2) is 3.37. The van der Waals surface area contributed by atoms with Crippen LogP contribution in [-0.2, 0) is 9.53 Å². The number of piperidine rings is 1. The van der Waals surface area contributed by atoms with Crippen LogP contribution in [0, 0.1) is 11.8 Å². The summed E-state index contributed by atoms with van der Waals surface area (Å²) in [5, 5.41) is 8.96. The molecule has 1 heterocycles. The molecule has 0 bridgehead atoms. The van der Waals surface area contributed by atoms with Crippen molar-refractivity contribution in [1.29, 1.82) is 0 Å². The van der Waals surface area contributed by atoms with Crippen LogP contribution in [0.1, 0.15) is 27.2 Å². The number of nitrogens with zero attached hydrogens (tertiary/aromatic N) is 1. The van der Waals surface area contributed by atoms with E-state index >= 15 is 0 Å². The minimum atomic E-state index is -0.807. The topological polar surface area (TPSA) is 66.8 Å². The molecule has 3 atom stereocenters. The van der Waals surface area contributed by atoms with Crippen molar-refractivity contribution >= 4 is 12.1 Å². The van der Waals surface area contributed by atoms with Gasteiger partial charge in [-0.25, -0.2) is 4.79 Å². The smallest absolute Gasteiger partial charge is 0.410 e. The maximum Gasteiger partial charge on any atom is 0.410 e. The molecule has 1 saturated carbocycles. The summed E-state index contributed by atoms with van der Waals surface area (Å²) in [6.45, 7) is 5.71. The Kier molecular flexibility index (Phi) is 2.36. The Hall–Kier alpha value is -1.26. The fourth-order valence-corrected chi connectivity index (χ4v) is 2.27. The Labute approximate surface area is 94.4 Å². The normalized spacial score (nSPS) is 32.2. The van der Waals surface area contributed by atoms with Crippen molar-refractivity contribution in [3.8, 4) is 0 Å². The summed E-state index contributed by atoms with van der Waals surface area (Å²) in [5.74, 6) is -1.07. The third kappa shape index (κ3) is 1.99. The second-order valence-corrected chi connectivity index (χ2v) is 5.54. The molecule has 0 aromatic rings. The molecule has 1 aliphatic heterocycles. The molecular weight excluding hydrogens is 210 g/mol. The second-order valence-electron chi connectivity index (χ2n) is 5.54. The van der Waals surface area contributed by atoms with Crippen LogP contribution in [0.4, 0.5) is 4.79 Å². The molecule has 1 amide bonds. The SMILES string of the molecule is CC(C)(C)OC(=O)N1C[C@@H](C(=O)O)[C@H]2C[C@@H]21. The molecule has 1 saturated heterocycles. The van der Waals surface area contributed by atoms with Crippen molar-refractivity contribution in [3.63, 3.8) is 0 Å². The predicted octanol–water partition coefficient (Wildman–Crippen LogP) is 1.33. The van der Waals surface area contributed by atoms with Gasteiger partial charge in [0.25, 0.3) is 0 Å². The van der Waals surface area contributed by atoms with Gasteiger partial charge >= 0.3 is 12.1 Å². The first kappa shape index (κ1) is 11.2. The Morgan fingerprint density at radius 1 is 1.38 bits per heavy atom. The van der Waals surface area contributed by atoms with E-state index in [1.54, 1.807) is 25.7 Å². The van der Waals surface area contributed by atoms with Crippen LogP contribution in [0.5, 0.6) is 0 Å². The molecule has 0 spiro atoms. The van der Waals surface area contributed by atoms with Crippen LogP contribution >= 0.6 is 0 Å². The van der Waals surface area contributed by atoms with E-state index < -0.39 is 17.5 Å². The number of carboxylic acid groups (broad SMARTS) is 1. The van der Waals surface area contributed by atoms with Gasteiger partial charge in [-0.3, -0.25) is 4.79 Å². The maximum atomic E-state index is 11.8. The molecule has 0 unspecified atom stereocenters. The van der Waals surface area contributed by atoms with Gasteiger partial charge in [0, 0.05) is 12.6 Å². The molecular formula is C11H17NO4. The van der Waals surface area contributed by atoms with Gasteiger partial charge in [-0.15, -0.1) is 0 Å². The zero-order valence-corrected chi connectivity index (χ0v) is 9.77. The van der Waals surface area contributed by atoms with E-state index in [2.05, 4.69) is 0 Å². The van der Waals surface area contributed by atoms with Crippen molar-refractivity contribution in [3.05, 3.63) is 0 Å². The third-order valence-corrected chi connectivity index (χ3v) is 3.06. The van der Waals surface area contributed by atoms with Gasteiger partial charge in [0.1, 0.15) is 5.60 Å². The molecule has 0 aromatic heterocycles. The Bertz CT molecular complexity index is 333. The predicted molar refractivity (Wildman–Crippen MR) is 56.0 cm³/mol. The molecule has 16 heavy (non-hydrogen) atoms. The number of carbonyl (C=O) groups is 2. The van der Waals surface area contributed by atoms with Gasteiger partial charge < -0.3 is 14.7 Å². The lowest BCUT2D eigenvalue weighted by Gasteiger charge is -2.25. The largest absolute Gasteiger partial charge is 0.481 e. The number of ether oxygens (including phenoxy) is 1. The van der Waals surface area contributed by atoms with Gasteiger partial charge in [0.05, 0.1) is 5.92 Å². The van der Waals surface area contributed by atoms with Crippen LogP contribution in [0.15, 0.2) is 0 Å². The summed E-state index contributed by atoms with van der Waals surface area (Å²) in [7, 11) is 0. The Morgan fingerprint density at radius 3 is 2.44 bits per heavy atom. The molecule has 90 valence electrons. The highest BCUT2D eigenvalue weighted by Crippen LogP contribution is 2.48. The van der Waals surface area contributed by atoms with Crippen LogP contribution in [0.25, 0.3) is 0 Å². The van der Waals surface area contributed by atoms with Crippen molar-refractivity contribution < 1.29 is 19.4 Å². The van der Waals surface area contributed by atoms with Gasteiger partial charge in [-0.05, 0) is 33.1 Å². The lowest BCUT2D eigenvalue weighted by atomic mass is 10.1. The fourth-order valence-electron chi connectivity index (χ4n) is 2.27. The zero-order chi connectivity index (χ0) is 12.1. The molecule has 2 aliphatic rings. The molecule has 1 aliphatic carbocycles. The number of likely N-dealkylation sites (tertiary alicyclic amines) is 1. The number of rotatable bonds is 1. The number of fused-ring (bicyclic) bond motifs is 1. The van der Waals surface area contributed by atoms with Crippen molar-refractivity contribution in [2.24, 2.45) is 11.8 Å². The van der Waals surface area contributed by atoms with E-state index in [1.807, 2.05) is 0 Å². The summed E-state index contributed by atoms with van der Waals surface area (Å²) in [5.41, 5.74) is -0.525. The number of carboxylic acids is 1. The van der Waals surface area contributed by atoms with E-state index in [0.717, 1.165) is 6.42 Å². The van der Waals surface area contributed by atoms with Gasteiger partial charge in [-0.1, -0.05) is 0 Å². The highest BCUT2D eigenvalue weighted by molar-refractivity contribution is 5.76. The first-order valence-electron chi connectivity index (χ1n) is 5.52. The highest BCUT2D eigenvalue weighted by Gasteiger charge is 2.58. The molecule has 5 nitrogen and oxygen atoms in total. The standard InChI is InChI=1S/C11H17NO4/c1-11(2,3)16-10(15)12-5-7(9(13)14)6-4-8(6)12/h6-8H,4-5H2,1-3H3,(H,13,14)/t6-,7-,8+/m1/s1. The zero-order valence-electron chi connectivity index (χ0n) is 9.77. The molecule has 2 fully saturated rings. The highest BCUT2D eigenvalue weighted by atomic mass is 16.6. The van der Waals surface area contributed by atoms with Crippen molar-refractivity contribution in [1.82, 2.24) is 4.90 Å². The number of hydrogen-bond donors (Lipinski definition) is 1. The Balaban J connectivity index is 1.98. The quantitative estimate of drug-likeness (QED) is 0.733. The minimum Gasteiger partial charge on any atom is -0.481 e. The fraction of sp³-hybridized carbons (Fsp3) is 0.818. The lowest BCUT2D eigenvalue weighted by molar-refractivity contribution is -0.142. The molecule has 0 aromatic carbocycles. The minimum absolute atomic E-state index is 0.0935. The van der Waals surface area contributed by atoms with Gasteiger partial charge in [0.15, 0.2) is 0 Å². The first-order valence-corrected chi connectivity index (χ1v) is 5.52. The van der Waals surface area contributed by atoms with Crippen LogP contribution in [-0.4, -0.2) is 40.3 Å². The van der Waals surface area contributed by atoms with Gasteiger partial charge in [0.2, 0.25) is 0 Å². The Morgan fingerprint density at radius 2 is 2.00 bits per heavy atom. The number of carbonyl (C=O) groups excluding carboxylic acids is 1. The summed E-state index contributed by atoms with van der Waals surface area (Å²) in [6, 6.07) is 0.0935. The number of hydrogen-bond acceptors (Lipinski definition) is 3. The third-order valence-electron chi connectivity index (χ3n) is 3.06. The van der Waals surface area contributed by atoms with E-state index in [9.17, 15) is 9.59 Å². The summed E-state index contributed by atoms with van der Waals surface area (Å²) < 4.78 is 5.24. The van der Waals surface area contributed by atoms with Crippen LogP contribution in [0.2, 0.25) is 0 Å². The number of amides is 1. The van der Waals surface area contributed by atoms with E-state index in [1.165, 1.54) is 0 Å². The van der Waals surface area contributed by atoms with E-state index in [4.69, 9.17) is 9.84 Å². The van der Waals surface area contributed by atoms with E-state index in [0.29, 0.717) is 6.54 Å². The first-order chi connectivity index (χ1) is 7.29. The molecule has 5 heteroatoms. The summed E-state index contributed by atoms with van der Waals surface area (Å²) >= 11 is 0. The maximum absolute atomic E-state index is 11.8. The summed E-state index contributed by atoms with van der Waals surface area (Å²) in [4.78, 5) is 24.3. The average Bonchev–Trinajstić information content (AvgIpc) is 2.76. The average molecular weight is 227 g/mol. The molecule has 0 radical (unpaired) electrons. The summed E-state index contributed by atoms with van der Waals surface area (Å²) in [6.07, 6.45) is 0.416. The van der Waals surface area contributed by atoms with E-state index in [-0.39, 0.29) is 18.1 Å². The van der Waals surface area contributed by atoms with Crippen LogP contribution < -0.4 is 0 Å². The lowest BCUT2D eigenvalue weighted by Crippen LogP contribution is -2.38. The van der Waals surface area contributed by atoms with Crippen LogP contribution in [0.3, 0.4) is 0 Å². The van der Waals surface area contributed by atoms with Gasteiger partial charge in [-0.2, -0.15) is 0 Å².